The van der Waals surface area contributed by atoms with Crippen molar-refractivity contribution in [3.8, 4) is 5.75 Å². The van der Waals surface area contributed by atoms with Crippen LogP contribution in [0.3, 0.4) is 0 Å². The molecule has 0 bridgehead atoms. The second-order valence-corrected chi connectivity index (χ2v) is 9.75. The molecule has 192 valence electrons. The van der Waals surface area contributed by atoms with Crippen molar-refractivity contribution >= 4 is 29.0 Å². The van der Waals surface area contributed by atoms with E-state index in [9.17, 15) is 14.0 Å². The molecule has 8 nitrogen and oxygen atoms in total. The SMILES string of the molecule is CCN1CCCN(c2ccc(NC(=O)C3CCc4cc(F)cc(N5CCN(C)CC5)c4O3)cc2)C1=O. The normalized spacial score (nSPS) is 20.7. The van der Waals surface area contributed by atoms with Gasteiger partial charge in [-0.2, -0.15) is 0 Å². The van der Waals surface area contributed by atoms with Gasteiger partial charge in [-0.1, -0.05) is 0 Å². The van der Waals surface area contributed by atoms with E-state index < -0.39 is 6.10 Å². The lowest BCUT2D eigenvalue weighted by atomic mass is 9.99. The molecule has 2 fully saturated rings. The second kappa shape index (κ2) is 10.3. The van der Waals surface area contributed by atoms with Crippen molar-refractivity contribution in [2.45, 2.75) is 32.3 Å². The summed E-state index contributed by atoms with van der Waals surface area (Å²) >= 11 is 0. The lowest BCUT2D eigenvalue weighted by Crippen LogP contribution is -2.49. The number of aryl methyl sites for hydroxylation is 1. The monoisotopic (exact) mass is 495 g/mol. The minimum absolute atomic E-state index is 0.0161. The van der Waals surface area contributed by atoms with Gasteiger partial charge in [-0.25, -0.2) is 9.18 Å². The van der Waals surface area contributed by atoms with E-state index in [1.54, 1.807) is 4.90 Å². The molecule has 0 aromatic heterocycles. The topological polar surface area (TPSA) is 68.4 Å². The van der Waals surface area contributed by atoms with E-state index in [2.05, 4.69) is 22.2 Å². The van der Waals surface area contributed by atoms with E-state index in [0.29, 0.717) is 37.4 Å². The zero-order valence-electron chi connectivity index (χ0n) is 21.0. The zero-order valence-corrected chi connectivity index (χ0v) is 21.0. The van der Waals surface area contributed by atoms with Crippen molar-refractivity contribution in [2.75, 3.05) is 68.0 Å². The second-order valence-electron chi connectivity index (χ2n) is 9.75. The Hall–Kier alpha value is -3.33. The quantitative estimate of drug-likeness (QED) is 0.687. The third-order valence-electron chi connectivity index (χ3n) is 7.32. The van der Waals surface area contributed by atoms with Crippen LogP contribution in [0.4, 0.5) is 26.2 Å². The molecule has 2 aromatic carbocycles. The summed E-state index contributed by atoms with van der Waals surface area (Å²) in [5, 5.41) is 2.95. The van der Waals surface area contributed by atoms with Gasteiger partial charge in [-0.3, -0.25) is 9.69 Å². The Morgan fingerprint density at radius 3 is 2.56 bits per heavy atom. The Balaban J connectivity index is 1.26. The molecule has 0 radical (unpaired) electrons. The number of fused-ring (bicyclic) bond motifs is 1. The molecule has 5 rings (SSSR count). The number of benzene rings is 2. The molecule has 36 heavy (non-hydrogen) atoms. The lowest BCUT2D eigenvalue weighted by Gasteiger charge is -2.37. The number of halogens is 1. The van der Waals surface area contributed by atoms with Crippen molar-refractivity contribution in [3.63, 3.8) is 0 Å². The molecular weight excluding hydrogens is 461 g/mol. The standard InChI is InChI=1S/C27H34FN5O3/c1-3-31-11-4-12-33(27(31)35)22-8-6-21(7-9-22)29-26(34)24-10-5-19-17-20(28)18-23(25(19)36-24)32-15-13-30(2)14-16-32/h6-9,17-18,24H,3-5,10-16H2,1-2H3,(H,29,34). The van der Waals surface area contributed by atoms with Crippen LogP contribution in [-0.4, -0.2) is 80.7 Å². The van der Waals surface area contributed by atoms with Gasteiger partial charge in [0.15, 0.2) is 6.10 Å². The highest BCUT2D eigenvalue weighted by Crippen LogP contribution is 2.39. The average Bonchev–Trinajstić information content (AvgIpc) is 2.89. The summed E-state index contributed by atoms with van der Waals surface area (Å²) in [6.07, 6.45) is 1.34. The summed E-state index contributed by atoms with van der Waals surface area (Å²) in [4.78, 5) is 33.7. The van der Waals surface area contributed by atoms with Crippen LogP contribution in [0.5, 0.6) is 5.75 Å². The number of anilines is 3. The van der Waals surface area contributed by atoms with E-state index in [0.717, 1.165) is 56.1 Å². The van der Waals surface area contributed by atoms with Gasteiger partial charge in [0.25, 0.3) is 5.91 Å². The first kappa shape index (κ1) is 24.4. The Morgan fingerprint density at radius 1 is 1.08 bits per heavy atom. The molecule has 0 spiro atoms. The van der Waals surface area contributed by atoms with Gasteiger partial charge >= 0.3 is 6.03 Å². The number of urea groups is 1. The summed E-state index contributed by atoms with van der Waals surface area (Å²) in [5.74, 6) is 0.114. The molecule has 3 aliphatic rings. The number of ether oxygens (including phenoxy) is 1. The van der Waals surface area contributed by atoms with Crippen LogP contribution < -0.4 is 19.9 Å². The Morgan fingerprint density at radius 2 is 1.83 bits per heavy atom. The summed E-state index contributed by atoms with van der Waals surface area (Å²) in [5.41, 5.74) is 3.00. The van der Waals surface area contributed by atoms with Crippen LogP contribution >= 0.6 is 0 Å². The molecule has 3 heterocycles. The Labute approximate surface area is 211 Å². The summed E-state index contributed by atoms with van der Waals surface area (Å²) < 4.78 is 20.6. The van der Waals surface area contributed by atoms with Gasteiger partial charge in [0, 0.05) is 63.3 Å². The summed E-state index contributed by atoms with van der Waals surface area (Å²) in [6.45, 7) is 7.51. The number of likely N-dealkylation sites (N-methyl/N-ethyl adjacent to an activating group) is 1. The van der Waals surface area contributed by atoms with Gasteiger partial charge in [0.2, 0.25) is 0 Å². The highest BCUT2D eigenvalue weighted by molar-refractivity contribution is 5.96. The fraction of sp³-hybridized carbons (Fsp3) is 0.481. The van der Waals surface area contributed by atoms with Crippen LogP contribution in [0.2, 0.25) is 0 Å². The molecule has 2 saturated heterocycles. The smallest absolute Gasteiger partial charge is 0.324 e. The van der Waals surface area contributed by atoms with E-state index >= 15 is 0 Å². The maximum Gasteiger partial charge on any atom is 0.324 e. The Kier molecular flexibility index (Phi) is 7.00. The van der Waals surface area contributed by atoms with E-state index in [1.165, 1.54) is 12.1 Å². The minimum atomic E-state index is -0.657. The van der Waals surface area contributed by atoms with Gasteiger partial charge in [0.05, 0.1) is 5.69 Å². The van der Waals surface area contributed by atoms with Crippen LogP contribution in [-0.2, 0) is 11.2 Å². The van der Waals surface area contributed by atoms with E-state index in [4.69, 9.17) is 4.74 Å². The zero-order chi connectivity index (χ0) is 25.2. The fourth-order valence-electron chi connectivity index (χ4n) is 5.17. The maximum absolute atomic E-state index is 14.4. The molecule has 3 aliphatic heterocycles. The van der Waals surface area contributed by atoms with Crippen LogP contribution in [0.25, 0.3) is 0 Å². The number of nitrogens with one attached hydrogen (secondary N) is 1. The average molecular weight is 496 g/mol. The van der Waals surface area contributed by atoms with E-state index in [-0.39, 0.29) is 17.8 Å². The number of piperazine rings is 1. The summed E-state index contributed by atoms with van der Waals surface area (Å²) in [6, 6.07) is 10.4. The van der Waals surface area contributed by atoms with Crippen LogP contribution in [0, 0.1) is 5.82 Å². The molecule has 0 saturated carbocycles. The molecule has 1 atom stereocenters. The van der Waals surface area contributed by atoms with E-state index in [1.807, 2.05) is 36.1 Å². The molecule has 9 heteroatoms. The van der Waals surface area contributed by atoms with Crippen LogP contribution in [0.1, 0.15) is 25.3 Å². The third-order valence-corrected chi connectivity index (χ3v) is 7.32. The number of nitrogens with zero attached hydrogens (tertiary/aromatic N) is 4. The maximum atomic E-state index is 14.4. The minimum Gasteiger partial charge on any atom is -0.478 e. The predicted molar refractivity (Wildman–Crippen MR) is 139 cm³/mol. The molecule has 2 aromatic rings. The van der Waals surface area contributed by atoms with Crippen molar-refractivity contribution in [3.05, 3.63) is 47.8 Å². The van der Waals surface area contributed by atoms with Crippen LogP contribution in [0.15, 0.2) is 36.4 Å². The predicted octanol–water partition coefficient (Wildman–Crippen LogP) is 3.56. The fourth-order valence-corrected chi connectivity index (χ4v) is 5.17. The highest BCUT2D eigenvalue weighted by atomic mass is 19.1. The first-order chi connectivity index (χ1) is 17.4. The number of carbonyl (C=O) groups is 2. The number of rotatable bonds is 5. The summed E-state index contributed by atoms with van der Waals surface area (Å²) in [7, 11) is 2.08. The largest absolute Gasteiger partial charge is 0.478 e. The molecule has 1 N–H and O–H groups in total. The number of hydrogen-bond donors (Lipinski definition) is 1. The van der Waals surface area contributed by atoms with Gasteiger partial charge in [0.1, 0.15) is 11.6 Å². The number of hydrogen-bond acceptors (Lipinski definition) is 5. The first-order valence-electron chi connectivity index (χ1n) is 12.8. The Bertz CT molecular complexity index is 1120. The molecular formula is C27H34FN5O3. The van der Waals surface area contributed by atoms with Gasteiger partial charge < -0.3 is 24.8 Å². The number of amides is 3. The van der Waals surface area contributed by atoms with Crippen molar-refractivity contribution in [2.24, 2.45) is 0 Å². The molecule has 1 unspecified atom stereocenters. The molecule has 3 amide bonds. The first-order valence-corrected chi connectivity index (χ1v) is 12.8. The third kappa shape index (κ3) is 4.97. The number of carbonyl (C=O) groups excluding carboxylic acids is 2. The van der Waals surface area contributed by atoms with Crippen molar-refractivity contribution in [1.29, 1.82) is 0 Å². The highest BCUT2D eigenvalue weighted by Gasteiger charge is 2.31. The lowest BCUT2D eigenvalue weighted by molar-refractivity contribution is -0.123. The molecule has 0 aliphatic carbocycles. The van der Waals surface area contributed by atoms with Gasteiger partial charge in [-0.05, 0) is 69.1 Å². The van der Waals surface area contributed by atoms with Crippen molar-refractivity contribution in [1.82, 2.24) is 9.80 Å². The van der Waals surface area contributed by atoms with Gasteiger partial charge in [-0.15, -0.1) is 0 Å². The van der Waals surface area contributed by atoms with Crippen molar-refractivity contribution < 1.29 is 18.7 Å².